The van der Waals surface area contributed by atoms with Crippen molar-refractivity contribution in [3.05, 3.63) is 65.7 Å². The van der Waals surface area contributed by atoms with Gasteiger partial charge in [-0.1, -0.05) is 100 Å². The van der Waals surface area contributed by atoms with Gasteiger partial charge in [-0.25, -0.2) is 0 Å². The third-order valence-corrected chi connectivity index (χ3v) is 6.85. The SMILES string of the molecule is CC.CC.[B][B]c1ccccc1C(CC)C([B])NC(=O)CN1CCC(C(C)=O)(c2ccccc2)CC1. The number of ketones is 1. The van der Waals surface area contributed by atoms with Gasteiger partial charge in [0.1, 0.15) is 5.78 Å². The molecule has 2 aromatic carbocycles. The van der Waals surface area contributed by atoms with Gasteiger partial charge in [-0.15, -0.1) is 0 Å². The molecule has 3 rings (SSSR count). The maximum Gasteiger partial charge on any atom is 0.233 e. The Bertz CT molecular complexity index is 916. The van der Waals surface area contributed by atoms with Gasteiger partial charge in [0.25, 0.3) is 0 Å². The second-order valence-electron chi connectivity index (χ2n) is 8.68. The molecule has 0 aliphatic carbocycles. The van der Waals surface area contributed by atoms with Crippen LogP contribution in [0.1, 0.15) is 77.8 Å². The number of hydrogen-bond acceptors (Lipinski definition) is 3. The first-order valence-corrected chi connectivity index (χ1v) is 13.4. The van der Waals surface area contributed by atoms with Crippen molar-refractivity contribution in [1.82, 2.24) is 10.2 Å². The number of carbonyl (C=O) groups excluding carboxylic acids is 2. The second kappa shape index (κ2) is 16.5. The summed E-state index contributed by atoms with van der Waals surface area (Å²) in [6, 6.07) is 17.8. The zero-order valence-corrected chi connectivity index (χ0v) is 23.1. The van der Waals surface area contributed by atoms with Crippen LogP contribution in [0.5, 0.6) is 0 Å². The van der Waals surface area contributed by atoms with Gasteiger partial charge in [0.05, 0.1) is 27.0 Å². The van der Waals surface area contributed by atoms with Gasteiger partial charge in [0.2, 0.25) is 5.91 Å². The average Bonchev–Trinajstić information content (AvgIpc) is 2.92. The maximum atomic E-state index is 12.8. The molecule has 1 heterocycles. The number of hydrogen-bond donors (Lipinski definition) is 1. The van der Waals surface area contributed by atoms with E-state index < -0.39 is 11.4 Å². The fourth-order valence-electron chi connectivity index (χ4n) is 4.90. The molecule has 2 aromatic rings. The number of rotatable bonds is 9. The zero-order chi connectivity index (χ0) is 27.1. The van der Waals surface area contributed by atoms with Crippen molar-refractivity contribution in [2.24, 2.45) is 0 Å². The molecule has 4 nitrogen and oxygen atoms in total. The lowest BCUT2D eigenvalue weighted by Crippen LogP contribution is -2.50. The van der Waals surface area contributed by atoms with Crippen LogP contribution in [0, 0.1) is 0 Å². The Balaban J connectivity index is 0.00000154. The third-order valence-electron chi connectivity index (χ3n) is 6.85. The summed E-state index contributed by atoms with van der Waals surface area (Å²) < 4.78 is 0. The van der Waals surface area contributed by atoms with Gasteiger partial charge < -0.3 is 5.32 Å². The number of amides is 1. The quantitative estimate of drug-likeness (QED) is 0.552. The van der Waals surface area contributed by atoms with Crippen molar-refractivity contribution in [1.29, 1.82) is 0 Å². The minimum absolute atomic E-state index is 0.0280. The molecular weight excluding hydrogens is 441 g/mol. The number of Topliss-reactive ketones (excluding diaryl/α,β-unsaturated/α-hetero) is 1. The van der Waals surface area contributed by atoms with E-state index in [0.717, 1.165) is 23.0 Å². The van der Waals surface area contributed by atoms with E-state index in [9.17, 15) is 9.59 Å². The van der Waals surface area contributed by atoms with Crippen molar-refractivity contribution in [2.75, 3.05) is 19.6 Å². The largest absolute Gasteiger partial charge is 0.360 e. The van der Waals surface area contributed by atoms with Crippen LogP contribution in [0.3, 0.4) is 0 Å². The van der Waals surface area contributed by atoms with Crippen LogP contribution in [-0.4, -0.2) is 64.9 Å². The minimum atomic E-state index is -0.501. The topological polar surface area (TPSA) is 49.4 Å². The Kier molecular flexibility index (Phi) is 14.5. The van der Waals surface area contributed by atoms with Crippen LogP contribution in [0.4, 0.5) is 0 Å². The highest BCUT2D eigenvalue weighted by Gasteiger charge is 2.40. The molecule has 36 heavy (non-hydrogen) atoms. The van der Waals surface area contributed by atoms with Crippen LogP contribution in [-0.2, 0) is 15.0 Å². The third kappa shape index (κ3) is 8.13. The van der Waals surface area contributed by atoms with Crippen molar-refractivity contribution in [3.63, 3.8) is 0 Å². The van der Waals surface area contributed by atoms with E-state index in [2.05, 4.69) is 17.1 Å². The standard InChI is InChI=1S/C25H30B3N2O2.2C2H6/c1-3-20(21-11-7-8-12-22(21)28-27)24(26)29-23(32)17-30-15-13-25(14-16-30,18(2)31)19-9-5-4-6-10-19;2*1-2/h4-12,20,24H,3,13-17H2,1-2H3,(H,29,32);2*1-2H3. The fraction of sp³-hybridized carbons (Fsp3) is 0.517. The van der Waals surface area contributed by atoms with E-state index in [4.69, 9.17) is 15.6 Å². The molecular formula is C29H42B3N2O2. The predicted molar refractivity (Wildman–Crippen MR) is 155 cm³/mol. The molecule has 1 saturated heterocycles. The number of nitrogens with zero attached hydrogens (tertiary/aromatic N) is 1. The van der Waals surface area contributed by atoms with Crippen LogP contribution < -0.4 is 10.8 Å². The van der Waals surface area contributed by atoms with Gasteiger partial charge in [-0.05, 0) is 56.7 Å². The molecule has 2 atom stereocenters. The summed E-state index contributed by atoms with van der Waals surface area (Å²) >= 11 is 0. The molecule has 0 bridgehead atoms. The van der Waals surface area contributed by atoms with Crippen LogP contribution in [0.15, 0.2) is 54.6 Å². The van der Waals surface area contributed by atoms with Crippen LogP contribution in [0.2, 0.25) is 0 Å². The number of carbonyl (C=O) groups is 2. The highest BCUT2D eigenvalue weighted by atomic mass is 16.2. The minimum Gasteiger partial charge on any atom is -0.360 e. The van der Waals surface area contributed by atoms with E-state index in [-0.39, 0.29) is 24.2 Å². The van der Waals surface area contributed by atoms with Gasteiger partial charge >= 0.3 is 0 Å². The summed E-state index contributed by atoms with van der Waals surface area (Å²) in [5, 5.41) is 2.98. The van der Waals surface area contributed by atoms with Crippen molar-refractivity contribution >= 4 is 39.9 Å². The maximum absolute atomic E-state index is 12.8. The highest BCUT2D eigenvalue weighted by molar-refractivity contribution is 6.97. The van der Waals surface area contributed by atoms with Gasteiger partial charge in [0.15, 0.2) is 0 Å². The number of nitrogens with one attached hydrogen (secondary N) is 1. The summed E-state index contributed by atoms with van der Waals surface area (Å²) in [6.45, 7) is 13.4. The lowest BCUT2D eigenvalue weighted by Gasteiger charge is -2.40. The Hall–Kier alpha value is -2.27. The first-order valence-electron chi connectivity index (χ1n) is 13.4. The molecule has 5 radical (unpaired) electrons. The summed E-state index contributed by atoms with van der Waals surface area (Å²) in [6.07, 6.45) is 2.21. The van der Waals surface area contributed by atoms with E-state index in [1.807, 2.05) is 82.3 Å². The van der Waals surface area contributed by atoms with Crippen molar-refractivity contribution < 1.29 is 9.59 Å². The molecule has 1 aliphatic heterocycles. The van der Waals surface area contributed by atoms with Crippen molar-refractivity contribution in [3.8, 4) is 0 Å². The molecule has 1 N–H and O–H groups in total. The monoisotopic (exact) mass is 483 g/mol. The predicted octanol–water partition coefficient (Wildman–Crippen LogP) is 3.88. The van der Waals surface area contributed by atoms with Gasteiger partial charge in [-0.3, -0.25) is 14.5 Å². The number of benzene rings is 2. The Morgan fingerprint density at radius 1 is 1.00 bits per heavy atom. The van der Waals surface area contributed by atoms with E-state index in [0.29, 0.717) is 25.9 Å². The molecule has 1 amide bonds. The smallest absolute Gasteiger partial charge is 0.233 e. The molecule has 2 unspecified atom stereocenters. The molecule has 0 saturated carbocycles. The van der Waals surface area contributed by atoms with E-state index in [1.165, 1.54) is 0 Å². The van der Waals surface area contributed by atoms with Gasteiger partial charge in [0, 0.05) is 7.74 Å². The Labute approximate surface area is 223 Å². The van der Waals surface area contributed by atoms with Crippen molar-refractivity contribution in [2.45, 2.75) is 78.1 Å². The van der Waals surface area contributed by atoms with E-state index >= 15 is 0 Å². The normalized spacial score (nSPS) is 16.2. The first kappa shape index (κ1) is 31.8. The number of likely N-dealkylation sites (tertiary alicyclic amines) is 1. The second-order valence-corrected chi connectivity index (χ2v) is 8.68. The summed E-state index contributed by atoms with van der Waals surface area (Å²) in [7, 11) is 13.7. The lowest BCUT2D eigenvalue weighted by atomic mass is 9.49. The molecule has 1 fully saturated rings. The molecule has 1 aliphatic rings. The van der Waals surface area contributed by atoms with Crippen LogP contribution >= 0.6 is 0 Å². The number of piperidine rings is 1. The summed E-state index contributed by atoms with van der Waals surface area (Å²) in [5.74, 6) is -0.435. The lowest BCUT2D eigenvalue weighted by molar-refractivity contribution is -0.125. The average molecular weight is 483 g/mol. The van der Waals surface area contributed by atoms with Crippen LogP contribution in [0.25, 0.3) is 0 Å². The molecule has 7 heteroatoms. The fourth-order valence-corrected chi connectivity index (χ4v) is 4.90. The Morgan fingerprint density at radius 2 is 1.56 bits per heavy atom. The molecule has 189 valence electrons. The van der Waals surface area contributed by atoms with Gasteiger partial charge in [-0.2, -0.15) is 0 Å². The summed E-state index contributed by atoms with van der Waals surface area (Å²) in [5.41, 5.74) is 2.58. The summed E-state index contributed by atoms with van der Waals surface area (Å²) in [4.78, 5) is 27.4. The Morgan fingerprint density at radius 3 is 2.08 bits per heavy atom. The van der Waals surface area contributed by atoms with E-state index in [1.54, 1.807) is 14.1 Å². The first-order chi connectivity index (χ1) is 17.4. The molecule has 0 aromatic heterocycles. The highest BCUT2D eigenvalue weighted by Crippen LogP contribution is 2.36. The molecule has 0 spiro atoms. The zero-order valence-electron chi connectivity index (χ0n) is 23.1.